The summed E-state index contributed by atoms with van der Waals surface area (Å²) in [5, 5.41) is 20.2. The van der Waals surface area contributed by atoms with Crippen molar-refractivity contribution in [3.8, 4) is 0 Å². The molecule has 0 bridgehead atoms. The molecule has 8 heteroatoms. The molecule has 1 aliphatic carbocycles. The van der Waals surface area contributed by atoms with Crippen LogP contribution < -0.4 is 5.32 Å². The minimum atomic E-state index is -0.102. The van der Waals surface area contributed by atoms with Crippen LogP contribution in [0.25, 0.3) is 0 Å². The zero-order valence-electron chi connectivity index (χ0n) is 14.7. The van der Waals surface area contributed by atoms with E-state index >= 15 is 0 Å². The van der Waals surface area contributed by atoms with E-state index in [1.165, 1.54) is 18.4 Å². The third-order valence-corrected chi connectivity index (χ3v) is 5.35. The molecule has 8 nitrogen and oxygen atoms in total. The van der Waals surface area contributed by atoms with Gasteiger partial charge in [-0.05, 0) is 56.7 Å². The number of carbonyl (C=O) groups excluding carboxylic acids is 1. The lowest BCUT2D eigenvalue weighted by atomic mass is 10.00. The summed E-state index contributed by atoms with van der Waals surface area (Å²) >= 11 is 0. The lowest BCUT2D eigenvalue weighted by molar-refractivity contribution is 0.0785. The number of hydrogen-bond donors (Lipinski definition) is 1. The first kappa shape index (κ1) is 16.4. The number of rotatable bonds is 5. The zero-order chi connectivity index (χ0) is 17.2. The first-order chi connectivity index (χ1) is 12.2. The van der Waals surface area contributed by atoms with E-state index in [9.17, 15) is 4.79 Å². The van der Waals surface area contributed by atoms with E-state index < -0.39 is 0 Å². The molecule has 134 valence electrons. The smallest absolute Gasteiger partial charge is 0.275 e. The molecule has 1 amide bonds. The molecule has 2 atom stereocenters. The van der Waals surface area contributed by atoms with Crippen LogP contribution in [0, 0.1) is 5.92 Å². The Kier molecular flexibility index (Phi) is 4.61. The fourth-order valence-electron chi connectivity index (χ4n) is 3.95. The number of nitrogens with zero attached hydrogens (tertiary/aromatic N) is 6. The molecule has 0 aromatic carbocycles. The third-order valence-electron chi connectivity index (χ3n) is 5.35. The van der Waals surface area contributed by atoms with Gasteiger partial charge in [0.1, 0.15) is 6.04 Å². The molecule has 0 spiro atoms. The summed E-state index contributed by atoms with van der Waals surface area (Å²) in [6.45, 7) is 3.47. The molecular weight excluding hydrogens is 318 g/mol. The Morgan fingerprint density at radius 1 is 1.40 bits per heavy atom. The van der Waals surface area contributed by atoms with Gasteiger partial charge in [0.05, 0.1) is 11.9 Å². The molecule has 1 aromatic rings. The van der Waals surface area contributed by atoms with Crippen molar-refractivity contribution in [2.24, 2.45) is 16.1 Å². The van der Waals surface area contributed by atoms with E-state index in [0.29, 0.717) is 18.2 Å². The third kappa shape index (κ3) is 3.49. The van der Waals surface area contributed by atoms with Gasteiger partial charge in [-0.2, -0.15) is 10.2 Å². The van der Waals surface area contributed by atoms with E-state index in [4.69, 9.17) is 0 Å². The van der Waals surface area contributed by atoms with E-state index in [1.807, 2.05) is 0 Å². The van der Waals surface area contributed by atoms with Gasteiger partial charge >= 0.3 is 0 Å². The summed E-state index contributed by atoms with van der Waals surface area (Å²) in [7, 11) is 1.80. The maximum Gasteiger partial charge on any atom is 0.275 e. The summed E-state index contributed by atoms with van der Waals surface area (Å²) in [5.74, 6) is 0.457. The highest BCUT2D eigenvalue weighted by Gasteiger charge is 2.30. The van der Waals surface area contributed by atoms with Crippen molar-refractivity contribution in [1.29, 1.82) is 0 Å². The second-order valence-electron chi connectivity index (χ2n) is 7.28. The number of nitrogens with one attached hydrogen (secondary N) is 1. The predicted molar refractivity (Wildman–Crippen MR) is 92.1 cm³/mol. The normalized spacial score (nSPS) is 25.5. The summed E-state index contributed by atoms with van der Waals surface area (Å²) in [6, 6.07) is 0.0230. The Morgan fingerprint density at radius 3 is 3.16 bits per heavy atom. The minimum absolute atomic E-state index is 0.0230. The highest BCUT2D eigenvalue weighted by atomic mass is 16.2. The molecule has 3 heterocycles. The zero-order valence-corrected chi connectivity index (χ0v) is 14.7. The average molecular weight is 343 g/mol. The molecule has 1 fully saturated rings. The first-order valence-electron chi connectivity index (χ1n) is 9.20. The quantitative estimate of drug-likeness (QED) is 0.880. The van der Waals surface area contributed by atoms with E-state index in [0.717, 1.165) is 44.6 Å². The van der Waals surface area contributed by atoms with Gasteiger partial charge in [0.25, 0.3) is 5.91 Å². The molecule has 3 aliphatic rings. The lowest BCUT2D eigenvalue weighted by Crippen LogP contribution is -2.34. The highest BCUT2D eigenvalue weighted by molar-refractivity contribution is 5.91. The molecule has 0 unspecified atom stereocenters. The molecule has 1 N–H and O–H groups in total. The van der Waals surface area contributed by atoms with Crippen LogP contribution >= 0.6 is 0 Å². The topological polar surface area (TPSA) is 87.8 Å². The molecule has 1 saturated heterocycles. The Morgan fingerprint density at radius 2 is 2.32 bits per heavy atom. The Labute approximate surface area is 147 Å². The Bertz CT molecular complexity index is 702. The summed E-state index contributed by atoms with van der Waals surface area (Å²) < 4.78 is 1.80. The lowest BCUT2D eigenvalue weighted by Gasteiger charge is -2.22. The first-order valence-corrected chi connectivity index (χ1v) is 9.20. The minimum Gasteiger partial charge on any atom is -0.338 e. The van der Waals surface area contributed by atoms with Crippen molar-refractivity contribution in [3.05, 3.63) is 23.2 Å². The molecule has 0 saturated carbocycles. The molecule has 25 heavy (non-hydrogen) atoms. The van der Waals surface area contributed by atoms with Crippen molar-refractivity contribution in [1.82, 2.24) is 25.2 Å². The maximum atomic E-state index is 12.6. The maximum absolute atomic E-state index is 12.6. The number of azo groups is 1. The van der Waals surface area contributed by atoms with Gasteiger partial charge in [-0.3, -0.25) is 9.48 Å². The molecular formula is C17H25N7O. The largest absolute Gasteiger partial charge is 0.338 e. The van der Waals surface area contributed by atoms with Crippen LogP contribution in [-0.4, -0.2) is 58.5 Å². The summed E-state index contributed by atoms with van der Waals surface area (Å²) in [5.41, 5.74) is 2.85. The number of allylic oxidation sites excluding steroid dienone is 1. The van der Waals surface area contributed by atoms with Crippen molar-refractivity contribution in [2.45, 2.75) is 44.7 Å². The van der Waals surface area contributed by atoms with Crippen LogP contribution in [0.5, 0.6) is 0 Å². The number of piperidine rings is 1. The number of carbonyl (C=O) groups is 1. The Balaban J connectivity index is 1.35. The fourth-order valence-corrected chi connectivity index (χ4v) is 3.95. The summed E-state index contributed by atoms with van der Waals surface area (Å²) in [6.07, 6.45) is 7.39. The fraction of sp³-hybridized carbons (Fsp3) is 0.706. The highest BCUT2D eigenvalue weighted by Crippen LogP contribution is 2.35. The molecule has 1 aromatic heterocycles. The average Bonchev–Trinajstić information content (AvgIpc) is 3.34. The van der Waals surface area contributed by atoms with Crippen molar-refractivity contribution >= 4 is 5.91 Å². The SMILES string of the molecule is CN(C[C@H]1N=NC2=C1CCC2)C(=O)c1cn(C[C@@H]2CCCNC2)nn1. The number of amides is 1. The standard InChI is InChI=1S/C17H25N7O/c1-23(10-15-13-5-2-6-14(13)19-20-15)17(25)16-11-24(22-21-16)9-12-4-3-7-18-8-12/h11-12,15,18H,2-10H2,1H3/t12-,15-/m1/s1. The van der Waals surface area contributed by atoms with Crippen LogP contribution in [0.1, 0.15) is 42.6 Å². The summed E-state index contributed by atoms with van der Waals surface area (Å²) in [4.78, 5) is 14.3. The van der Waals surface area contributed by atoms with Gasteiger partial charge in [-0.25, -0.2) is 0 Å². The molecule has 2 aliphatic heterocycles. The predicted octanol–water partition coefficient (Wildman–Crippen LogP) is 1.62. The van der Waals surface area contributed by atoms with Gasteiger partial charge in [0, 0.05) is 20.1 Å². The van der Waals surface area contributed by atoms with Gasteiger partial charge in [-0.15, -0.1) is 5.10 Å². The van der Waals surface area contributed by atoms with Crippen molar-refractivity contribution < 1.29 is 4.79 Å². The van der Waals surface area contributed by atoms with Crippen LogP contribution in [-0.2, 0) is 6.54 Å². The number of hydrogen-bond acceptors (Lipinski definition) is 6. The molecule has 4 rings (SSSR count). The van der Waals surface area contributed by atoms with Gasteiger partial charge in [-0.1, -0.05) is 5.21 Å². The van der Waals surface area contributed by atoms with E-state index in [-0.39, 0.29) is 11.9 Å². The van der Waals surface area contributed by atoms with Crippen molar-refractivity contribution in [3.63, 3.8) is 0 Å². The number of aromatic nitrogens is 3. The Hall–Kier alpha value is -2.09. The monoisotopic (exact) mass is 343 g/mol. The van der Waals surface area contributed by atoms with Crippen LogP contribution in [0.4, 0.5) is 0 Å². The van der Waals surface area contributed by atoms with E-state index in [2.05, 4.69) is 25.9 Å². The van der Waals surface area contributed by atoms with Gasteiger partial charge in [0.15, 0.2) is 5.69 Å². The van der Waals surface area contributed by atoms with Crippen LogP contribution in [0.3, 0.4) is 0 Å². The second-order valence-corrected chi connectivity index (χ2v) is 7.28. The van der Waals surface area contributed by atoms with Crippen LogP contribution in [0.15, 0.2) is 27.7 Å². The van der Waals surface area contributed by atoms with E-state index in [1.54, 1.807) is 22.8 Å². The van der Waals surface area contributed by atoms with Gasteiger partial charge in [0.2, 0.25) is 0 Å². The van der Waals surface area contributed by atoms with Crippen LogP contribution in [0.2, 0.25) is 0 Å². The number of likely N-dealkylation sites (N-methyl/N-ethyl adjacent to an activating group) is 1. The van der Waals surface area contributed by atoms with Crippen molar-refractivity contribution in [2.75, 3.05) is 26.7 Å². The molecule has 0 radical (unpaired) electrons. The second kappa shape index (κ2) is 7.03. The van der Waals surface area contributed by atoms with Gasteiger partial charge < -0.3 is 10.2 Å².